The maximum absolute atomic E-state index is 11.2. The lowest BCUT2D eigenvalue weighted by Crippen LogP contribution is -2.46. The van der Waals surface area contributed by atoms with Crippen LogP contribution in [0.15, 0.2) is 4.52 Å². The molecule has 19 heavy (non-hydrogen) atoms. The zero-order chi connectivity index (χ0) is 13.7. The van der Waals surface area contributed by atoms with E-state index in [-0.39, 0.29) is 12.5 Å². The molecule has 1 saturated heterocycles. The minimum absolute atomic E-state index is 0.231. The number of nitrogens with two attached hydrogens (primary N) is 1. The van der Waals surface area contributed by atoms with Crippen LogP contribution in [0.25, 0.3) is 0 Å². The molecule has 3 N–H and O–H groups in total. The number of aryl methyl sites for hydroxylation is 1. The van der Waals surface area contributed by atoms with Crippen molar-refractivity contribution in [1.82, 2.24) is 20.4 Å². The molecule has 0 saturated carbocycles. The largest absolute Gasteiger partial charge is 0.369 e. The summed E-state index contributed by atoms with van der Waals surface area (Å²) in [6.45, 7) is 4.62. The first-order valence-corrected chi connectivity index (χ1v) is 6.73. The van der Waals surface area contributed by atoms with Gasteiger partial charge >= 0.3 is 0 Å². The normalized spacial score (nSPS) is 16.9. The molecule has 0 aromatic carbocycles. The predicted molar refractivity (Wildman–Crippen MR) is 69.2 cm³/mol. The number of piperidine rings is 1. The second-order valence-electron chi connectivity index (χ2n) is 4.81. The van der Waals surface area contributed by atoms with Crippen molar-refractivity contribution in [2.45, 2.75) is 38.8 Å². The van der Waals surface area contributed by atoms with Crippen LogP contribution in [0, 0.1) is 0 Å². The van der Waals surface area contributed by atoms with E-state index in [2.05, 4.69) is 15.5 Å². The molecule has 0 bridgehead atoms. The molecule has 7 nitrogen and oxygen atoms in total. The first-order valence-electron chi connectivity index (χ1n) is 6.73. The van der Waals surface area contributed by atoms with Crippen LogP contribution in [-0.4, -0.2) is 46.6 Å². The van der Waals surface area contributed by atoms with Crippen molar-refractivity contribution in [2.24, 2.45) is 5.73 Å². The fourth-order valence-corrected chi connectivity index (χ4v) is 2.36. The van der Waals surface area contributed by atoms with Crippen LogP contribution in [-0.2, 0) is 17.8 Å². The van der Waals surface area contributed by atoms with Crippen LogP contribution in [0.3, 0.4) is 0 Å². The van der Waals surface area contributed by atoms with Crippen molar-refractivity contribution < 1.29 is 9.32 Å². The topological polar surface area (TPSA) is 97.3 Å². The van der Waals surface area contributed by atoms with Gasteiger partial charge in [-0.2, -0.15) is 4.98 Å². The number of aromatic nitrogens is 2. The highest BCUT2D eigenvalue weighted by molar-refractivity contribution is 5.75. The molecule has 2 heterocycles. The molecule has 1 fully saturated rings. The predicted octanol–water partition coefficient (Wildman–Crippen LogP) is -0.329. The quantitative estimate of drug-likeness (QED) is 0.732. The van der Waals surface area contributed by atoms with Crippen molar-refractivity contribution >= 4 is 5.91 Å². The Kier molecular flexibility index (Phi) is 4.86. The molecule has 2 rings (SSSR count). The fraction of sp³-hybridized carbons (Fsp3) is 0.750. The maximum Gasteiger partial charge on any atom is 0.240 e. The minimum Gasteiger partial charge on any atom is -0.369 e. The van der Waals surface area contributed by atoms with E-state index in [4.69, 9.17) is 10.3 Å². The van der Waals surface area contributed by atoms with Gasteiger partial charge in [-0.1, -0.05) is 12.1 Å². The SMILES string of the molecule is CCc1noc(CN(CC(N)=O)C2CCNCC2)n1. The summed E-state index contributed by atoms with van der Waals surface area (Å²) in [5.41, 5.74) is 5.32. The zero-order valence-corrected chi connectivity index (χ0v) is 11.3. The molecule has 1 aliphatic heterocycles. The third kappa shape index (κ3) is 4.00. The Morgan fingerprint density at radius 3 is 2.84 bits per heavy atom. The number of nitrogens with zero attached hydrogens (tertiary/aromatic N) is 3. The van der Waals surface area contributed by atoms with E-state index in [1.165, 1.54) is 0 Å². The van der Waals surface area contributed by atoms with Crippen molar-refractivity contribution in [3.8, 4) is 0 Å². The average molecular weight is 267 g/mol. The highest BCUT2D eigenvalue weighted by atomic mass is 16.5. The lowest BCUT2D eigenvalue weighted by molar-refractivity contribution is -0.120. The maximum atomic E-state index is 11.2. The average Bonchev–Trinajstić information content (AvgIpc) is 2.86. The van der Waals surface area contributed by atoms with Gasteiger partial charge in [-0.3, -0.25) is 9.69 Å². The molecule has 7 heteroatoms. The Bertz CT molecular complexity index is 414. The Balaban J connectivity index is 2.01. The van der Waals surface area contributed by atoms with Gasteiger partial charge in [0.05, 0.1) is 13.1 Å². The number of primary amides is 1. The van der Waals surface area contributed by atoms with Crippen LogP contribution in [0.1, 0.15) is 31.5 Å². The standard InChI is InChI=1S/C12H21N5O2/c1-2-11-15-12(19-16-11)8-17(7-10(13)18)9-3-5-14-6-4-9/h9,14H,2-8H2,1H3,(H2,13,18). The summed E-state index contributed by atoms with van der Waals surface area (Å²) < 4.78 is 5.19. The molecule has 0 spiro atoms. The Labute approximate surface area is 112 Å². The number of nitrogens with one attached hydrogen (secondary N) is 1. The van der Waals surface area contributed by atoms with Crippen LogP contribution in [0.4, 0.5) is 0 Å². The van der Waals surface area contributed by atoms with Gasteiger partial charge < -0.3 is 15.6 Å². The molecule has 1 aromatic heterocycles. The molecule has 0 unspecified atom stereocenters. The number of hydrogen-bond acceptors (Lipinski definition) is 6. The molecule has 1 aliphatic rings. The van der Waals surface area contributed by atoms with Crippen LogP contribution < -0.4 is 11.1 Å². The monoisotopic (exact) mass is 267 g/mol. The lowest BCUT2D eigenvalue weighted by atomic mass is 10.0. The third-order valence-electron chi connectivity index (χ3n) is 3.35. The molecule has 0 atom stereocenters. The lowest BCUT2D eigenvalue weighted by Gasteiger charge is -2.32. The first kappa shape index (κ1) is 14.0. The number of hydrogen-bond donors (Lipinski definition) is 2. The summed E-state index contributed by atoms with van der Waals surface area (Å²) >= 11 is 0. The van der Waals surface area contributed by atoms with Crippen molar-refractivity contribution in [2.75, 3.05) is 19.6 Å². The first-order chi connectivity index (χ1) is 9.19. The number of amides is 1. The van der Waals surface area contributed by atoms with Crippen LogP contribution >= 0.6 is 0 Å². The highest BCUT2D eigenvalue weighted by Gasteiger charge is 2.24. The Hall–Kier alpha value is -1.47. The fourth-order valence-electron chi connectivity index (χ4n) is 2.36. The summed E-state index contributed by atoms with van der Waals surface area (Å²) in [6.07, 6.45) is 2.75. The second kappa shape index (κ2) is 6.63. The number of rotatable bonds is 6. The van der Waals surface area contributed by atoms with Gasteiger partial charge in [0.25, 0.3) is 0 Å². The van der Waals surface area contributed by atoms with E-state index in [0.29, 0.717) is 24.3 Å². The van der Waals surface area contributed by atoms with Gasteiger partial charge in [0.2, 0.25) is 11.8 Å². The summed E-state index contributed by atoms with van der Waals surface area (Å²) in [5, 5.41) is 7.18. The van der Waals surface area contributed by atoms with E-state index in [1.807, 2.05) is 11.8 Å². The van der Waals surface area contributed by atoms with E-state index in [9.17, 15) is 4.79 Å². The summed E-state index contributed by atoms with van der Waals surface area (Å²) in [5.74, 6) is 0.921. The molecule has 0 aliphatic carbocycles. The molecular formula is C12H21N5O2. The van der Waals surface area contributed by atoms with Crippen molar-refractivity contribution in [1.29, 1.82) is 0 Å². The molecule has 1 aromatic rings. The Morgan fingerprint density at radius 1 is 1.53 bits per heavy atom. The van der Waals surface area contributed by atoms with Gasteiger partial charge in [0.1, 0.15) is 0 Å². The van der Waals surface area contributed by atoms with E-state index in [0.717, 1.165) is 32.4 Å². The van der Waals surface area contributed by atoms with Gasteiger partial charge in [0, 0.05) is 12.5 Å². The summed E-state index contributed by atoms with van der Waals surface area (Å²) in [6, 6.07) is 0.339. The van der Waals surface area contributed by atoms with Crippen molar-refractivity contribution in [3.63, 3.8) is 0 Å². The Morgan fingerprint density at radius 2 is 2.26 bits per heavy atom. The molecule has 106 valence electrons. The van der Waals surface area contributed by atoms with Crippen LogP contribution in [0.5, 0.6) is 0 Å². The van der Waals surface area contributed by atoms with Gasteiger partial charge in [-0.15, -0.1) is 0 Å². The number of carbonyl (C=O) groups is 1. The van der Waals surface area contributed by atoms with Gasteiger partial charge in [0.15, 0.2) is 5.82 Å². The van der Waals surface area contributed by atoms with Gasteiger partial charge in [-0.25, -0.2) is 0 Å². The second-order valence-corrected chi connectivity index (χ2v) is 4.81. The van der Waals surface area contributed by atoms with Crippen molar-refractivity contribution in [3.05, 3.63) is 11.7 Å². The smallest absolute Gasteiger partial charge is 0.240 e. The summed E-state index contributed by atoms with van der Waals surface area (Å²) in [7, 11) is 0. The van der Waals surface area contributed by atoms with E-state index in [1.54, 1.807) is 0 Å². The van der Waals surface area contributed by atoms with Crippen LogP contribution in [0.2, 0.25) is 0 Å². The molecule has 1 amide bonds. The van der Waals surface area contributed by atoms with E-state index < -0.39 is 0 Å². The summed E-state index contributed by atoms with van der Waals surface area (Å²) in [4.78, 5) is 17.5. The molecule has 0 radical (unpaired) electrons. The minimum atomic E-state index is -0.325. The highest BCUT2D eigenvalue weighted by Crippen LogP contribution is 2.14. The zero-order valence-electron chi connectivity index (χ0n) is 11.3. The third-order valence-corrected chi connectivity index (χ3v) is 3.35. The molecular weight excluding hydrogens is 246 g/mol. The van der Waals surface area contributed by atoms with Gasteiger partial charge in [-0.05, 0) is 25.9 Å². The van der Waals surface area contributed by atoms with E-state index >= 15 is 0 Å². The number of carbonyl (C=O) groups excluding carboxylic acids is 1.